The fourth-order valence-corrected chi connectivity index (χ4v) is 3.17. The van der Waals surface area contributed by atoms with Crippen molar-refractivity contribution < 1.29 is 14.3 Å². The fourth-order valence-electron chi connectivity index (χ4n) is 3.17. The van der Waals surface area contributed by atoms with Gasteiger partial charge in [-0.25, -0.2) is 4.98 Å². The number of amides is 1. The van der Waals surface area contributed by atoms with Crippen molar-refractivity contribution in [2.45, 2.75) is 32.9 Å². The summed E-state index contributed by atoms with van der Waals surface area (Å²) in [6, 6.07) is 7.11. The Morgan fingerprint density at radius 3 is 3.04 bits per heavy atom. The fraction of sp³-hybridized carbons (Fsp3) is 0.400. The highest BCUT2D eigenvalue weighted by molar-refractivity contribution is 6.07. The molecule has 1 aliphatic rings. The lowest BCUT2D eigenvalue weighted by atomic mass is 10.1. The molecule has 8 nitrogen and oxygen atoms in total. The Morgan fingerprint density at radius 2 is 2.32 bits per heavy atom. The summed E-state index contributed by atoms with van der Waals surface area (Å²) in [4.78, 5) is 21.5. The molecule has 4 rings (SSSR count). The van der Waals surface area contributed by atoms with Crippen LogP contribution in [0.5, 0.6) is 5.88 Å². The lowest BCUT2D eigenvalue weighted by Crippen LogP contribution is -2.17. The van der Waals surface area contributed by atoms with Crippen molar-refractivity contribution in [3.05, 3.63) is 42.2 Å². The van der Waals surface area contributed by atoms with Gasteiger partial charge in [-0.2, -0.15) is 10.1 Å². The standard InChI is InChI=1S/C20H23N5O3/c1-13(2)28-20-16(19(26)22-17-5-3-4-7-21-17)9-15-11-25(24-18(15)23-20)10-14-6-8-27-12-14/h3-5,7,9,11,13-14H,6,8,10,12H2,1-2H3,(H,21,22,26). The molecule has 0 aliphatic carbocycles. The van der Waals surface area contributed by atoms with Crippen molar-refractivity contribution in [1.29, 1.82) is 0 Å². The minimum Gasteiger partial charge on any atom is -0.474 e. The van der Waals surface area contributed by atoms with E-state index in [-0.39, 0.29) is 17.9 Å². The van der Waals surface area contributed by atoms with Crippen LogP contribution in [0.3, 0.4) is 0 Å². The predicted octanol–water partition coefficient (Wildman–Crippen LogP) is 2.90. The first-order chi connectivity index (χ1) is 13.6. The third kappa shape index (κ3) is 4.12. The first-order valence-electron chi connectivity index (χ1n) is 9.43. The summed E-state index contributed by atoms with van der Waals surface area (Å²) in [5.41, 5.74) is 0.916. The molecule has 1 atom stereocenters. The van der Waals surface area contributed by atoms with Gasteiger partial charge in [0.15, 0.2) is 5.65 Å². The smallest absolute Gasteiger partial charge is 0.262 e. The van der Waals surface area contributed by atoms with Crippen molar-refractivity contribution in [2.75, 3.05) is 18.5 Å². The van der Waals surface area contributed by atoms with Crippen LogP contribution in [-0.2, 0) is 11.3 Å². The number of hydrogen-bond acceptors (Lipinski definition) is 6. The zero-order chi connectivity index (χ0) is 19.5. The Bertz CT molecular complexity index is 965. The van der Waals surface area contributed by atoms with Crippen LogP contribution in [0.1, 0.15) is 30.6 Å². The van der Waals surface area contributed by atoms with Crippen LogP contribution in [0, 0.1) is 5.92 Å². The minimum absolute atomic E-state index is 0.121. The van der Waals surface area contributed by atoms with Gasteiger partial charge in [0.2, 0.25) is 5.88 Å². The number of carbonyl (C=O) groups excluding carboxylic acids is 1. The van der Waals surface area contributed by atoms with E-state index >= 15 is 0 Å². The molecule has 1 N–H and O–H groups in total. The zero-order valence-electron chi connectivity index (χ0n) is 16.0. The highest BCUT2D eigenvalue weighted by Crippen LogP contribution is 2.24. The molecule has 0 aromatic carbocycles. The quantitative estimate of drug-likeness (QED) is 0.706. The summed E-state index contributed by atoms with van der Waals surface area (Å²) in [7, 11) is 0. The molecule has 0 spiro atoms. The number of nitrogens with zero attached hydrogens (tertiary/aromatic N) is 4. The van der Waals surface area contributed by atoms with Crippen molar-refractivity contribution in [3.63, 3.8) is 0 Å². The third-order valence-electron chi connectivity index (χ3n) is 4.47. The molecule has 3 aromatic heterocycles. The maximum absolute atomic E-state index is 12.8. The number of carbonyl (C=O) groups is 1. The van der Waals surface area contributed by atoms with Gasteiger partial charge in [0.05, 0.1) is 12.7 Å². The minimum atomic E-state index is -0.319. The van der Waals surface area contributed by atoms with Crippen LogP contribution in [0.25, 0.3) is 11.0 Å². The maximum Gasteiger partial charge on any atom is 0.262 e. The molecule has 1 saturated heterocycles. The molecule has 146 valence electrons. The first-order valence-corrected chi connectivity index (χ1v) is 9.43. The summed E-state index contributed by atoms with van der Waals surface area (Å²) in [6.45, 7) is 6.11. The van der Waals surface area contributed by atoms with E-state index in [4.69, 9.17) is 9.47 Å². The summed E-state index contributed by atoms with van der Waals surface area (Å²) in [5.74, 6) is 0.874. The number of rotatable bonds is 6. The molecule has 1 unspecified atom stereocenters. The van der Waals surface area contributed by atoms with Crippen molar-refractivity contribution in [2.24, 2.45) is 5.92 Å². The normalized spacial score (nSPS) is 16.6. The molecule has 0 saturated carbocycles. The van der Waals surface area contributed by atoms with E-state index in [9.17, 15) is 4.79 Å². The Labute approximate surface area is 162 Å². The number of fused-ring (bicyclic) bond motifs is 1. The number of hydrogen-bond donors (Lipinski definition) is 1. The van der Waals surface area contributed by atoms with Gasteiger partial charge < -0.3 is 14.8 Å². The molecule has 3 aromatic rings. The molecular formula is C20H23N5O3. The third-order valence-corrected chi connectivity index (χ3v) is 4.47. The van der Waals surface area contributed by atoms with E-state index in [0.29, 0.717) is 22.9 Å². The monoisotopic (exact) mass is 381 g/mol. The molecule has 1 aliphatic heterocycles. The molecule has 1 fully saturated rings. The Balaban J connectivity index is 1.65. The van der Waals surface area contributed by atoms with E-state index in [1.165, 1.54) is 0 Å². The van der Waals surface area contributed by atoms with Crippen molar-refractivity contribution in [1.82, 2.24) is 19.7 Å². The van der Waals surface area contributed by atoms with E-state index in [2.05, 4.69) is 20.4 Å². The van der Waals surface area contributed by atoms with Crippen molar-refractivity contribution >= 4 is 22.8 Å². The van der Waals surface area contributed by atoms with Crippen LogP contribution in [0.2, 0.25) is 0 Å². The van der Waals surface area contributed by atoms with Gasteiger partial charge in [-0.3, -0.25) is 9.48 Å². The Hall–Kier alpha value is -3.00. The number of anilines is 1. The molecule has 28 heavy (non-hydrogen) atoms. The predicted molar refractivity (Wildman–Crippen MR) is 104 cm³/mol. The zero-order valence-corrected chi connectivity index (χ0v) is 16.0. The lowest BCUT2D eigenvalue weighted by Gasteiger charge is -2.12. The summed E-state index contributed by atoms with van der Waals surface area (Å²) in [5, 5.41) is 8.14. The van der Waals surface area contributed by atoms with Crippen LogP contribution in [-0.4, -0.2) is 45.0 Å². The van der Waals surface area contributed by atoms with Gasteiger partial charge in [0.25, 0.3) is 5.91 Å². The largest absolute Gasteiger partial charge is 0.474 e. The van der Waals surface area contributed by atoms with Crippen LogP contribution < -0.4 is 10.1 Å². The summed E-state index contributed by atoms with van der Waals surface area (Å²) in [6.07, 6.45) is 4.45. The average molecular weight is 381 g/mol. The number of pyridine rings is 2. The van der Waals surface area contributed by atoms with E-state index < -0.39 is 0 Å². The highest BCUT2D eigenvalue weighted by Gasteiger charge is 2.21. The molecular weight excluding hydrogens is 358 g/mol. The highest BCUT2D eigenvalue weighted by atomic mass is 16.5. The second kappa shape index (κ2) is 7.93. The van der Waals surface area contributed by atoms with Gasteiger partial charge >= 0.3 is 0 Å². The summed E-state index contributed by atoms with van der Waals surface area (Å²) >= 11 is 0. The van der Waals surface area contributed by atoms with Gasteiger partial charge in [-0.15, -0.1) is 0 Å². The second-order valence-electron chi connectivity index (χ2n) is 7.17. The van der Waals surface area contributed by atoms with Gasteiger partial charge in [-0.05, 0) is 38.5 Å². The van der Waals surface area contributed by atoms with Gasteiger partial charge in [0, 0.05) is 36.8 Å². The summed E-state index contributed by atoms with van der Waals surface area (Å²) < 4.78 is 13.1. The van der Waals surface area contributed by atoms with Crippen molar-refractivity contribution in [3.8, 4) is 5.88 Å². The topological polar surface area (TPSA) is 91.2 Å². The number of aromatic nitrogens is 4. The Morgan fingerprint density at radius 1 is 1.43 bits per heavy atom. The number of nitrogens with one attached hydrogen (secondary N) is 1. The van der Waals surface area contributed by atoms with Crippen LogP contribution >= 0.6 is 0 Å². The SMILES string of the molecule is CC(C)Oc1nc2nn(CC3CCOC3)cc2cc1C(=O)Nc1ccccn1. The second-order valence-corrected chi connectivity index (χ2v) is 7.17. The van der Waals surface area contributed by atoms with Crippen LogP contribution in [0.4, 0.5) is 5.82 Å². The Kier molecular flexibility index (Phi) is 5.21. The van der Waals surface area contributed by atoms with E-state index in [1.54, 1.807) is 24.4 Å². The lowest BCUT2D eigenvalue weighted by molar-refractivity contribution is 0.102. The van der Waals surface area contributed by atoms with E-state index in [1.807, 2.05) is 30.8 Å². The average Bonchev–Trinajstić information content (AvgIpc) is 3.30. The van der Waals surface area contributed by atoms with Gasteiger partial charge in [0.1, 0.15) is 11.4 Å². The molecule has 0 radical (unpaired) electrons. The van der Waals surface area contributed by atoms with E-state index in [0.717, 1.165) is 31.6 Å². The maximum atomic E-state index is 12.8. The molecule has 4 heterocycles. The molecule has 1 amide bonds. The molecule has 0 bridgehead atoms. The van der Waals surface area contributed by atoms with Gasteiger partial charge in [-0.1, -0.05) is 6.07 Å². The molecule has 8 heteroatoms. The number of ether oxygens (including phenoxy) is 2. The van der Waals surface area contributed by atoms with Crippen LogP contribution in [0.15, 0.2) is 36.7 Å². The first kappa shape index (κ1) is 18.4.